The molecule has 26 heavy (non-hydrogen) atoms. The fourth-order valence-corrected chi connectivity index (χ4v) is 3.81. The van der Waals surface area contributed by atoms with E-state index in [1.54, 1.807) is 18.2 Å². The summed E-state index contributed by atoms with van der Waals surface area (Å²) >= 11 is 11.8. The molecule has 1 aliphatic rings. The summed E-state index contributed by atoms with van der Waals surface area (Å²) in [5.74, 6) is 0.991. The summed E-state index contributed by atoms with van der Waals surface area (Å²) in [6.45, 7) is 8.05. The normalized spacial score (nSPS) is 22.6. The van der Waals surface area contributed by atoms with E-state index in [2.05, 4.69) is 19.2 Å². The monoisotopic (exact) mass is 400 g/mol. The van der Waals surface area contributed by atoms with Gasteiger partial charge >= 0.3 is 0 Å². The molecule has 2 amide bonds. The van der Waals surface area contributed by atoms with Crippen LogP contribution >= 0.6 is 23.2 Å². The highest BCUT2D eigenvalue weighted by Gasteiger charge is 2.32. The second-order valence-corrected chi connectivity index (χ2v) is 8.43. The Hall–Kier alpha value is -1.30. The number of halogens is 2. The molecule has 0 radical (unpaired) electrons. The molecule has 2 rings (SSSR count). The SMILES string of the molecule is C[C@H]1C[C@H](C)CN(C(=O)[C@@H](C)[NH+](C)CC(=O)Nc2ccc(Cl)c(Cl)c2)C1. The molecule has 1 saturated heterocycles. The lowest BCUT2D eigenvalue weighted by Crippen LogP contribution is -3.15. The summed E-state index contributed by atoms with van der Waals surface area (Å²) in [7, 11) is 1.87. The van der Waals surface area contributed by atoms with E-state index in [0.717, 1.165) is 24.4 Å². The highest BCUT2D eigenvalue weighted by Crippen LogP contribution is 2.25. The fourth-order valence-electron chi connectivity index (χ4n) is 3.51. The van der Waals surface area contributed by atoms with Crippen molar-refractivity contribution in [3.05, 3.63) is 28.2 Å². The van der Waals surface area contributed by atoms with E-state index in [-0.39, 0.29) is 24.4 Å². The predicted molar refractivity (Wildman–Crippen MR) is 106 cm³/mol. The lowest BCUT2D eigenvalue weighted by molar-refractivity contribution is -0.886. The number of hydrogen-bond donors (Lipinski definition) is 2. The third-order valence-corrected chi connectivity index (χ3v) is 5.67. The van der Waals surface area contributed by atoms with Crippen molar-refractivity contribution < 1.29 is 14.5 Å². The summed E-state index contributed by atoms with van der Waals surface area (Å²) in [4.78, 5) is 27.9. The number of carbonyl (C=O) groups is 2. The molecular weight excluding hydrogens is 373 g/mol. The molecule has 2 N–H and O–H groups in total. The first kappa shape index (κ1) is 21.0. The molecule has 144 valence electrons. The van der Waals surface area contributed by atoms with Crippen LogP contribution in [0, 0.1) is 11.8 Å². The largest absolute Gasteiger partial charge is 0.337 e. The van der Waals surface area contributed by atoms with Gasteiger partial charge in [-0.15, -0.1) is 0 Å². The molecule has 0 spiro atoms. The standard InChI is InChI=1S/C19H27Cl2N3O2/c1-12-7-13(2)10-24(9-12)19(26)14(3)23(4)11-18(25)22-15-5-6-16(20)17(21)8-15/h5-6,8,12-14H,7,9-11H2,1-4H3,(H,22,25)/p+1/t12-,13-,14+/m0/s1. The highest BCUT2D eigenvalue weighted by molar-refractivity contribution is 6.42. The maximum absolute atomic E-state index is 12.8. The number of hydrogen-bond acceptors (Lipinski definition) is 2. The van der Waals surface area contributed by atoms with Gasteiger partial charge in [0, 0.05) is 18.8 Å². The van der Waals surface area contributed by atoms with Crippen molar-refractivity contribution >= 4 is 40.7 Å². The van der Waals surface area contributed by atoms with E-state index < -0.39 is 0 Å². The van der Waals surface area contributed by atoms with Crippen LogP contribution in [0.1, 0.15) is 27.2 Å². The van der Waals surface area contributed by atoms with Crippen LogP contribution in [0.5, 0.6) is 0 Å². The number of rotatable bonds is 5. The van der Waals surface area contributed by atoms with Crippen molar-refractivity contribution in [2.75, 3.05) is 32.0 Å². The van der Waals surface area contributed by atoms with Gasteiger partial charge in [0.05, 0.1) is 17.1 Å². The summed E-state index contributed by atoms with van der Waals surface area (Å²) in [6.07, 6.45) is 1.16. The van der Waals surface area contributed by atoms with Crippen LogP contribution in [0.4, 0.5) is 5.69 Å². The average Bonchev–Trinajstić information content (AvgIpc) is 2.55. The van der Waals surface area contributed by atoms with Gasteiger partial charge in [-0.05, 0) is 43.4 Å². The first-order valence-corrected chi connectivity index (χ1v) is 9.79. The summed E-state index contributed by atoms with van der Waals surface area (Å²) in [5, 5.41) is 3.63. The number of anilines is 1. The third kappa shape index (κ3) is 5.60. The number of piperidine rings is 1. The molecule has 5 nitrogen and oxygen atoms in total. The molecule has 1 aliphatic heterocycles. The lowest BCUT2D eigenvalue weighted by Gasteiger charge is -2.36. The zero-order valence-corrected chi connectivity index (χ0v) is 17.3. The number of nitrogens with zero attached hydrogens (tertiary/aromatic N) is 1. The van der Waals surface area contributed by atoms with Gasteiger partial charge in [0.15, 0.2) is 12.6 Å². The second kappa shape index (κ2) is 9.07. The molecule has 0 aromatic heterocycles. The molecule has 0 aliphatic carbocycles. The molecule has 1 fully saturated rings. The van der Waals surface area contributed by atoms with Crippen molar-refractivity contribution in [2.45, 2.75) is 33.2 Å². The predicted octanol–water partition coefficient (Wildman–Crippen LogP) is 2.34. The van der Waals surface area contributed by atoms with E-state index in [9.17, 15) is 9.59 Å². The first-order chi connectivity index (χ1) is 12.2. The fraction of sp³-hybridized carbons (Fsp3) is 0.579. The van der Waals surface area contributed by atoms with Crippen molar-refractivity contribution in [3.63, 3.8) is 0 Å². The van der Waals surface area contributed by atoms with Crippen molar-refractivity contribution in [3.8, 4) is 0 Å². The molecule has 7 heteroatoms. The van der Waals surface area contributed by atoms with E-state index in [4.69, 9.17) is 23.2 Å². The molecule has 1 heterocycles. The minimum atomic E-state index is -0.271. The van der Waals surface area contributed by atoms with Gasteiger partial charge in [0.25, 0.3) is 11.8 Å². The summed E-state index contributed by atoms with van der Waals surface area (Å²) in [5.41, 5.74) is 0.592. The number of nitrogens with one attached hydrogen (secondary N) is 2. The van der Waals surface area contributed by atoms with Crippen molar-refractivity contribution in [1.29, 1.82) is 0 Å². The van der Waals surface area contributed by atoms with Gasteiger partial charge in [-0.3, -0.25) is 9.59 Å². The summed E-state index contributed by atoms with van der Waals surface area (Å²) in [6, 6.07) is 4.68. The highest BCUT2D eigenvalue weighted by atomic mass is 35.5. The Morgan fingerprint density at radius 1 is 1.23 bits per heavy atom. The molecule has 0 bridgehead atoms. The molecular formula is C19H28Cl2N3O2+. The number of quaternary nitrogens is 1. The van der Waals surface area contributed by atoms with Crippen LogP contribution in [0.25, 0.3) is 0 Å². The zero-order chi connectivity index (χ0) is 19.4. The Morgan fingerprint density at radius 2 is 1.85 bits per heavy atom. The number of carbonyl (C=O) groups excluding carboxylic acids is 2. The first-order valence-electron chi connectivity index (χ1n) is 9.03. The topological polar surface area (TPSA) is 53.9 Å². The van der Waals surface area contributed by atoms with Crippen molar-refractivity contribution in [1.82, 2.24) is 4.90 Å². The van der Waals surface area contributed by atoms with Gasteiger partial charge < -0.3 is 15.1 Å². The van der Waals surface area contributed by atoms with Gasteiger partial charge in [-0.1, -0.05) is 37.0 Å². The van der Waals surface area contributed by atoms with Crippen LogP contribution in [-0.4, -0.2) is 49.4 Å². The Balaban J connectivity index is 1.90. The van der Waals surface area contributed by atoms with Gasteiger partial charge in [0.2, 0.25) is 0 Å². The lowest BCUT2D eigenvalue weighted by atomic mass is 9.91. The Labute approximate surface area is 165 Å². The van der Waals surface area contributed by atoms with Crippen LogP contribution < -0.4 is 10.2 Å². The van der Waals surface area contributed by atoms with E-state index in [1.807, 2.05) is 18.9 Å². The molecule has 1 unspecified atom stereocenters. The van der Waals surface area contributed by atoms with Gasteiger partial charge in [0.1, 0.15) is 0 Å². The van der Waals surface area contributed by atoms with Crippen LogP contribution in [0.15, 0.2) is 18.2 Å². The summed E-state index contributed by atoms with van der Waals surface area (Å²) < 4.78 is 0. The maximum Gasteiger partial charge on any atom is 0.280 e. The van der Waals surface area contributed by atoms with Gasteiger partial charge in [-0.2, -0.15) is 0 Å². The van der Waals surface area contributed by atoms with E-state index in [0.29, 0.717) is 27.6 Å². The quantitative estimate of drug-likeness (QED) is 0.796. The molecule has 1 aromatic carbocycles. The Kier molecular flexibility index (Phi) is 7.33. The van der Waals surface area contributed by atoms with Crippen molar-refractivity contribution in [2.24, 2.45) is 11.8 Å². The Morgan fingerprint density at radius 3 is 2.42 bits per heavy atom. The number of likely N-dealkylation sites (tertiary alicyclic amines) is 1. The van der Waals surface area contributed by atoms with Gasteiger partial charge in [-0.25, -0.2) is 0 Å². The molecule has 1 aromatic rings. The molecule has 4 atom stereocenters. The van der Waals surface area contributed by atoms with Crippen LogP contribution in [0.2, 0.25) is 10.0 Å². The number of likely N-dealkylation sites (N-methyl/N-ethyl adjacent to an activating group) is 1. The minimum Gasteiger partial charge on any atom is -0.337 e. The van der Waals surface area contributed by atoms with Crippen LogP contribution in [0.3, 0.4) is 0 Å². The smallest absolute Gasteiger partial charge is 0.280 e. The third-order valence-electron chi connectivity index (χ3n) is 4.93. The minimum absolute atomic E-state index is 0.114. The van der Waals surface area contributed by atoms with Crippen LogP contribution in [-0.2, 0) is 9.59 Å². The molecule has 0 saturated carbocycles. The average molecular weight is 401 g/mol. The van der Waals surface area contributed by atoms with E-state index in [1.165, 1.54) is 0 Å². The van der Waals surface area contributed by atoms with E-state index >= 15 is 0 Å². The second-order valence-electron chi connectivity index (χ2n) is 7.61. The Bertz CT molecular complexity index is 658. The zero-order valence-electron chi connectivity index (χ0n) is 15.8. The number of benzene rings is 1. The maximum atomic E-state index is 12.8. The number of amides is 2.